The lowest BCUT2D eigenvalue weighted by atomic mass is 10.1. The van der Waals surface area contributed by atoms with E-state index in [0.29, 0.717) is 11.3 Å². The molecule has 186 valence electrons. The minimum atomic E-state index is -4.56. The number of hydrogen-bond donors (Lipinski definition) is 1. The summed E-state index contributed by atoms with van der Waals surface area (Å²) in [5, 5.41) is 2.24. The van der Waals surface area contributed by atoms with Gasteiger partial charge in [-0.15, -0.1) is 0 Å². The number of carbonyl (C=O) groups is 4. The Balaban J connectivity index is 1.53. The molecule has 2 amide bonds. The fraction of sp³-hybridized carbons (Fsp3) is 0.333. The number of nitrogens with one attached hydrogen (secondary N) is 1. The van der Waals surface area contributed by atoms with Crippen molar-refractivity contribution in [3.8, 4) is 0 Å². The van der Waals surface area contributed by atoms with Gasteiger partial charge in [0.25, 0.3) is 5.91 Å². The number of benzene rings is 2. The number of esters is 2. The number of alkyl halides is 3. The van der Waals surface area contributed by atoms with E-state index in [-0.39, 0.29) is 30.7 Å². The van der Waals surface area contributed by atoms with Gasteiger partial charge in [0, 0.05) is 24.3 Å². The summed E-state index contributed by atoms with van der Waals surface area (Å²) >= 11 is 0. The first-order valence-electron chi connectivity index (χ1n) is 10.7. The number of halogens is 3. The summed E-state index contributed by atoms with van der Waals surface area (Å²) in [5.74, 6) is -3.25. The van der Waals surface area contributed by atoms with Crippen molar-refractivity contribution in [1.29, 1.82) is 0 Å². The van der Waals surface area contributed by atoms with Gasteiger partial charge in [0.05, 0.1) is 23.1 Å². The van der Waals surface area contributed by atoms with Crippen molar-refractivity contribution in [2.45, 2.75) is 32.5 Å². The molecule has 1 N–H and O–H groups in total. The number of anilines is 2. The van der Waals surface area contributed by atoms with E-state index in [1.54, 1.807) is 26.0 Å². The highest BCUT2D eigenvalue weighted by Gasteiger charge is 2.36. The topological polar surface area (TPSA) is 102 Å². The van der Waals surface area contributed by atoms with Gasteiger partial charge in [0.15, 0.2) is 6.61 Å². The molecule has 0 unspecified atom stereocenters. The molecule has 2 aromatic rings. The summed E-state index contributed by atoms with van der Waals surface area (Å²) in [6.07, 6.45) is -4.97. The van der Waals surface area contributed by atoms with Crippen molar-refractivity contribution >= 4 is 35.1 Å². The summed E-state index contributed by atoms with van der Waals surface area (Å²) in [4.78, 5) is 50.1. The third-order valence-corrected chi connectivity index (χ3v) is 5.03. The van der Waals surface area contributed by atoms with E-state index in [0.717, 1.165) is 18.2 Å². The van der Waals surface area contributed by atoms with Crippen LogP contribution in [0.3, 0.4) is 0 Å². The Morgan fingerprint density at radius 2 is 1.80 bits per heavy atom. The van der Waals surface area contributed by atoms with Crippen LogP contribution in [0.2, 0.25) is 0 Å². The lowest BCUT2D eigenvalue weighted by molar-refractivity contribution is -0.151. The molecule has 1 aliphatic rings. The monoisotopic (exact) mass is 492 g/mol. The van der Waals surface area contributed by atoms with E-state index < -0.39 is 42.1 Å². The molecule has 0 aromatic heterocycles. The molecule has 0 saturated carbocycles. The number of hydrogen-bond acceptors (Lipinski definition) is 6. The molecule has 0 radical (unpaired) electrons. The number of ether oxygens (including phenoxy) is 2. The Morgan fingerprint density at radius 1 is 1.11 bits per heavy atom. The van der Waals surface area contributed by atoms with E-state index in [1.807, 2.05) is 0 Å². The summed E-state index contributed by atoms with van der Waals surface area (Å²) in [6.45, 7) is 2.75. The maximum Gasteiger partial charge on any atom is 0.416 e. The van der Waals surface area contributed by atoms with Gasteiger partial charge in [-0.1, -0.05) is 6.07 Å². The molecule has 11 heteroatoms. The fourth-order valence-electron chi connectivity index (χ4n) is 3.40. The second-order valence-electron chi connectivity index (χ2n) is 8.14. The first-order chi connectivity index (χ1) is 16.4. The number of rotatable bonds is 7. The summed E-state index contributed by atoms with van der Waals surface area (Å²) in [5.41, 5.74) is -0.226. The largest absolute Gasteiger partial charge is 0.459 e. The van der Waals surface area contributed by atoms with Crippen LogP contribution >= 0.6 is 0 Å². The van der Waals surface area contributed by atoms with Crippen molar-refractivity contribution in [2.24, 2.45) is 5.92 Å². The zero-order valence-electron chi connectivity index (χ0n) is 18.9. The Morgan fingerprint density at radius 3 is 2.43 bits per heavy atom. The maximum atomic E-state index is 12.8. The summed E-state index contributed by atoms with van der Waals surface area (Å²) < 4.78 is 48.4. The van der Waals surface area contributed by atoms with Gasteiger partial charge < -0.3 is 19.7 Å². The number of carbonyl (C=O) groups excluding carboxylic acids is 4. The van der Waals surface area contributed by atoms with E-state index in [9.17, 15) is 32.3 Å². The van der Waals surface area contributed by atoms with Crippen LogP contribution in [0, 0.1) is 5.92 Å². The van der Waals surface area contributed by atoms with Crippen LogP contribution in [-0.4, -0.2) is 43.0 Å². The van der Waals surface area contributed by atoms with Gasteiger partial charge in [-0.05, 0) is 56.3 Å². The standard InChI is InChI=1S/C24H23F3N2O6/c1-14(2)35-23(33)15-6-8-19(9-7-15)29-12-16(10-21(29)31)22(32)34-13-20(30)28-18-5-3-4-17(11-18)24(25,26)27/h3-9,11,14,16H,10,12-13H2,1-2H3,(H,28,30)/t16-/m1/s1. The second-order valence-corrected chi connectivity index (χ2v) is 8.14. The Bertz CT molecular complexity index is 1110. The minimum Gasteiger partial charge on any atom is -0.459 e. The quantitative estimate of drug-likeness (QED) is 0.590. The van der Waals surface area contributed by atoms with Gasteiger partial charge in [0.2, 0.25) is 5.91 Å². The Labute approximate surface area is 199 Å². The van der Waals surface area contributed by atoms with Crippen molar-refractivity contribution in [3.63, 3.8) is 0 Å². The molecule has 1 atom stereocenters. The molecule has 1 aliphatic heterocycles. The van der Waals surface area contributed by atoms with Gasteiger partial charge in [-0.3, -0.25) is 14.4 Å². The molecule has 0 bridgehead atoms. The van der Waals surface area contributed by atoms with Crippen molar-refractivity contribution < 1.29 is 41.8 Å². The Hall–Kier alpha value is -3.89. The number of nitrogens with zero attached hydrogens (tertiary/aromatic N) is 1. The van der Waals surface area contributed by atoms with Crippen molar-refractivity contribution in [3.05, 3.63) is 59.7 Å². The van der Waals surface area contributed by atoms with Crippen LogP contribution < -0.4 is 10.2 Å². The van der Waals surface area contributed by atoms with Gasteiger partial charge in [-0.25, -0.2) is 4.79 Å². The SMILES string of the molecule is CC(C)OC(=O)c1ccc(N2C[C@H](C(=O)OCC(=O)Nc3cccc(C(F)(F)F)c3)CC2=O)cc1. The maximum absolute atomic E-state index is 12.8. The van der Waals surface area contributed by atoms with Gasteiger partial charge in [-0.2, -0.15) is 13.2 Å². The zero-order valence-corrected chi connectivity index (χ0v) is 18.9. The molecule has 1 fully saturated rings. The highest BCUT2D eigenvalue weighted by molar-refractivity contribution is 6.00. The molecular weight excluding hydrogens is 469 g/mol. The molecule has 1 heterocycles. The molecule has 0 spiro atoms. The van der Waals surface area contributed by atoms with Gasteiger partial charge in [0.1, 0.15) is 0 Å². The van der Waals surface area contributed by atoms with Crippen LogP contribution in [0.1, 0.15) is 36.2 Å². The van der Waals surface area contributed by atoms with Gasteiger partial charge >= 0.3 is 18.1 Å². The average Bonchev–Trinajstić information content (AvgIpc) is 3.18. The highest BCUT2D eigenvalue weighted by Crippen LogP contribution is 2.30. The fourth-order valence-corrected chi connectivity index (χ4v) is 3.40. The lowest BCUT2D eigenvalue weighted by Crippen LogP contribution is -2.28. The third-order valence-electron chi connectivity index (χ3n) is 5.03. The molecule has 3 rings (SSSR count). The van der Waals surface area contributed by atoms with E-state index in [2.05, 4.69) is 5.32 Å². The second kappa shape index (κ2) is 10.6. The third kappa shape index (κ3) is 6.81. The highest BCUT2D eigenvalue weighted by atomic mass is 19.4. The van der Waals surface area contributed by atoms with Crippen LogP contribution in [0.5, 0.6) is 0 Å². The predicted octanol–water partition coefficient (Wildman–Crippen LogP) is 3.81. The van der Waals surface area contributed by atoms with Crippen molar-refractivity contribution in [2.75, 3.05) is 23.4 Å². The van der Waals surface area contributed by atoms with Crippen LogP contribution in [-0.2, 0) is 30.0 Å². The summed E-state index contributed by atoms with van der Waals surface area (Å²) in [6, 6.07) is 10.2. The molecule has 2 aromatic carbocycles. The normalized spacial score (nSPS) is 15.8. The first kappa shape index (κ1) is 25.7. The molecule has 8 nitrogen and oxygen atoms in total. The Kier molecular flexibility index (Phi) is 7.78. The van der Waals surface area contributed by atoms with E-state index in [4.69, 9.17) is 9.47 Å². The lowest BCUT2D eigenvalue weighted by Gasteiger charge is -2.17. The van der Waals surface area contributed by atoms with E-state index >= 15 is 0 Å². The minimum absolute atomic E-state index is 0.0166. The molecule has 35 heavy (non-hydrogen) atoms. The average molecular weight is 492 g/mol. The first-order valence-corrected chi connectivity index (χ1v) is 10.7. The van der Waals surface area contributed by atoms with E-state index in [1.165, 1.54) is 23.1 Å². The summed E-state index contributed by atoms with van der Waals surface area (Å²) in [7, 11) is 0. The zero-order chi connectivity index (χ0) is 25.8. The predicted molar refractivity (Wildman–Crippen MR) is 118 cm³/mol. The smallest absolute Gasteiger partial charge is 0.416 e. The molecule has 1 saturated heterocycles. The van der Waals surface area contributed by atoms with Crippen molar-refractivity contribution in [1.82, 2.24) is 0 Å². The van der Waals surface area contributed by atoms with Crippen LogP contribution in [0.4, 0.5) is 24.5 Å². The number of amides is 2. The molecular formula is C24H23F3N2O6. The molecule has 0 aliphatic carbocycles. The van der Waals surface area contributed by atoms with Crippen LogP contribution in [0.25, 0.3) is 0 Å². The van der Waals surface area contributed by atoms with Crippen LogP contribution in [0.15, 0.2) is 48.5 Å².